The number of fused-ring (bicyclic) bond motifs is 3. The van der Waals surface area contributed by atoms with Crippen molar-refractivity contribution >= 4 is 0 Å². The van der Waals surface area contributed by atoms with Crippen molar-refractivity contribution in [2.24, 2.45) is 5.92 Å². The Morgan fingerprint density at radius 1 is 1.35 bits per heavy atom. The summed E-state index contributed by atoms with van der Waals surface area (Å²) < 4.78 is 0. The fraction of sp³-hybridized carbons (Fsp3) is 1.00. The molecule has 100 valence electrons. The minimum Gasteiger partial charge on any atom is -0.311 e. The van der Waals surface area contributed by atoms with Crippen LogP contribution in [0.4, 0.5) is 0 Å². The van der Waals surface area contributed by atoms with Crippen molar-refractivity contribution in [3.05, 3.63) is 0 Å². The Morgan fingerprint density at radius 2 is 2.06 bits per heavy atom. The highest BCUT2D eigenvalue weighted by Crippen LogP contribution is 2.27. The van der Waals surface area contributed by atoms with E-state index in [9.17, 15) is 0 Å². The van der Waals surface area contributed by atoms with Gasteiger partial charge in [-0.3, -0.25) is 0 Å². The van der Waals surface area contributed by atoms with Gasteiger partial charge in [-0.1, -0.05) is 6.92 Å². The van der Waals surface area contributed by atoms with Gasteiger partial charge in [0.1, 0.15) is 0 Å². The molecule has 2 unspecified atom stereocenters. The third-order valence-corrected chi connectivity index (χ3v) is 4.87. The maximum absolute atomic E-state index is 3.78. The van der Waals surface area contributed by atoms with Crippen LogP contribution in [0.1, 0.15) is 33.1 Å². The molecule has 3 nitrogen and oxygen atoms in total. The van der Waals surface area contributed by atoms with Gasteiger partial charge < -0.3 is 15.1 Å². The topological polar surface area (TPSA) is 18.5 Å². The molecule has 3 aliphatic heterocycles. The first-order valence-corrected chi connectivity index (χ1v) is 7.36. The van der Waals surface area contributed by atoms with Crippen LogP contribution >= 0.6 is 0 Å². The second-order valence-electron chi connectivity index (χ2n) is 5.94. The quantitative estimate of drug-likeness (QED) is 0.756. The SMILES string of the molecule is CCC(C)N(C)CCNC1CN2CCC1CC2. The lowest BCUT2D eigenvalue weighted by molar-refractivity contribution is 0.0711. The van der Waals surface area contributed by atoms with Gasteiger partial charge >= 0.3 is 0 Å². The minimum atomic E-state index is 0.711. The summed E-state index contributed by atoms with van der Waals surface area (Å²) in [5, 5.41) is 3.78. The van der Waals surface area contributed by atoms with Crippen molar-refractivity contribution in [1.82, 2.24) is 15.1 Å². The van der Waals surface area contributed by atoms with Crippen molar-refractivity contribution in [3.8, 4) is 0 Å². The van der Waals surface area contributed by atoms with E-state index in [2.05, 4.69) is 36.0 Å². The van der Waals surface area contributed by atoms with Gasteiger partial charge in [-0.2, -0.15) is 0 Å². The summed E-state index contributed by atoms with van der Waals surface area (Å²) in [5.41, 5.74) is 0. The molecule has 2 atom stereocenters. The largest absolute Gasteiger partial charge is 0.311 e. The highest BCUT2D eigenvalue weighted by Gasteiger charge is 2.33. The average molecular weight is 239 g/mol. The summed E-state index contributed by atoms with van der Waals surface area (Å²) in [6.07, 6.45) is 4.08. The molecule has 3 heteroatoms. The molecule has 0 amide bonds. The van der Waals surface area contributed by atoms with Gasteiger partial charge in [0.15, 0.2) is 0 Å². The van der Waals surface area contributed by atoms with Crippen LogP contribution in [0, 0.1) is 5.92 Å². The molecular weight excluding hydrogens is 210 g/mol. The van der Waals surface area contributed by atoms with Gasteiger partial charge in [0.25, 0.3) is 0 Å². The lowest BCUT2D eigenvalue weighted by Gasteiger charge is -2.45. The molecule has 0 radical (unpaired) electrons. The molecule has 0 aliphatic carbocycles. The van der Waals surface area contributed by atoms with Crippen LogP contribution in [-0.4, -0.2) is 61.7 Å². The first-order valence-electron chi connectivity index (χ1n) is 7.36. The summed E-state index contributed by atoms with van der Waals surface area (Å²) in [4.78, 5) is 5.09. The van der Waals surface area contributed by atoms with E-state index in [-0.39, 0.29) is 0 Å². The normalized spacial score (nSPS) is 34.2. The van der Waals surface area contributed by atoms with E-state index in [1.54, 1.807) is 0 Å². The van der Waals surface area contributed by atoms with Crippen molar-refractivity contribution < 1.29 is 0 Å². The highest BCUT2D eigenvalue weighted by molar-refractivity contribution is 4.90. The summed E-state index contributed by atoms with van der Waals surface area (Å²) in [5.74, 6) is 0.953. The molecule has 0 aromatic heterocycles. The summed E-state index contributed by atoms with van der Waals surface area (Å²) >= 11 is 0. The zero-order valence-corrected chi connectivity index (χ0v) is 11.8. The molecule has 3 aliphatic rings. The summed E-state index contributed by atoms with van der Waals surface area (Å²) in [6, 6.07) is 1.48. The number of rotatable bonds is 6. The first kappa shape index (κ1) is 13.3. The molecular formula is C14H29N3. The molecule has 0 spiro atoms. The smallest absolute Gasteiger partial charge is 0.0224 e. The van der Waals surface area contributed by atoms with Gasteiger partial charge in [-0.05, 0) is 52.2 Å². The molecule has 2 bridgehead atoms. The van der Waals surface area contributed by atoms with Crippen LogP contribution in [-0.2, 0) is 0 Å². The van der Waals surface area contributed by atoms with Crippen LogP contribution < -0.4 is 5.32 Å². The zero-order chi connectivity index (χ0) is 12.3. The fourth-order valence-electron chi connectivity index (χ4n) is 3.15. The molecule has 3 heterocycles. The number of hydrogen-bond donors (Lipinski definition) is 1. The second-order valence-corrected chi connectivity index (χ2v) is 5.94. The molecule has 3 saturated heterocycles. The average Bonchev–Trinajstić information content (AvgIpc) is 2.39. The van der Waals surface area contributed by atoms with Crippen LogP contribution in [0.5, 0.6) is 0 Å². The van der Waals surface area contributed by atoms with Crippen molar-refractivity contribution in [2.45, 2.75) is 45.2 Å². The Bertz CT molecular complexity index is 224. The molecule has 0 aromatic carbocycles. The highest BCUT2D eigenvalue weighted by atomic mass is 15.2. The van der Waals surface area contributed by atoms with Crippen molar-refractivity contribution in [1.29, 1.82) is 0 Å². The summed E-state index contributed by atoms with van der Waals surface area (Å²) in [7, 11) is 2.24. The van der Waals surface area contributed by atoms with Gasteiger partial charge in [0, 0.05) is 31.7 Å². The van der Waals surface area contributed by atoms with Gasteiger partial charge in [-0.25, -0.2) is 0 Å². The predicted molar refractivity (Wildman–Crippen MR) is 73.3 cm³/mol. The van der Waals surface area contributed by atoms with Crippen LogP contribution in [0.25, 0.3) is 0 Å². The maximum atomic E-state index is 3.78. The van der Waals surface area contributed by atoms with Crippen LogP contribution in [0.3, 0.4) is 0 Å². The Hall–Kier alpha value is -0.120. The third-order valence-electron chi connectivity index (χ3n) is 4.87. The molecule has 3 fully saturated rings. The van der Waals surface area contributed by atoms with E-state index in [0.717, 1.165) is 18.5 Å². The van der Waals surface area contributed by atoms with E-state index < -0.39 is 0 Å². The van der Waals surface area contributed by atoms with Crippen molar-refractivity contribution in [2.75, 3.05) is 39.8 Å². The number of likely N-dealkylation sites (N-methyl/N-ethyl adjacent to an activating group) is 1. The van der Waals surface area contributed by atoms with E-state index in [0.29, 0.717) is 6.04 Å². The first-order chi connectivity index (χ1) is 8.20. The fourth-order valence-corrected chi connectivity index (χ4v) is 3.15. The number of nitrogens with one attached hydrogen (secondary N) is 1. The Labute approximate surface area is 107 Å². The molecule has 3 rings (SSSR count). The minimum absolute atomic E-state index is 0.711. The number of piperidine rings is 3. The van der Waals surface area contributed by atoms with E-state index in [1.165, 1.54) is 45.4 Å². The van der Waals surface area contributed by atoms with Crippen molar-refractivity contribution in [3.63, 3.8) is 0 Å². The molecule has 0 saturated carbocycles. The van der Waals surface area contributed by atoms with Gasteiger partial charge in [0.2, 0.25) is 0 Å². The lowest BCUT2D eigenvalue weighted by Crippen LogP contribution is -2.56. The molecule has 17 heavy (non-hydrogen) atoms. The molecule has 0 aromatic rings. The summed E-state index contributed by atoms with van der Waals surface area (Å²) in [6.45, 7) is 10.9. The standard InChI is InChI=1S/C14H29N3/c1-4-12(2)16(3)10-7-15-14-11-17-8-5-13(14)6-9-17/h12-15H,4-11H2,1-3H3. The van der Waals surface area contributed by atoms with Gasteiger partial charge in [0.05, 0.1) is 0 Å². The maximum Gasteiger partial charge on any atom is 0.0224 e. The lowest BCUT2D eigenvalue weighted by atomic mass is 9.84. The number of hydrogen-bond acceptors (Lipinski definition) is 3. The Morgan fingerprint density at radius 3 is 2.59 bits per heavy atom. The Balaban J connectivity index is 1.65. The van der Waals surface area contributed by atoms with Crippen LogP contribution in [0.15, 0.2) is 0 Å². The third kappa shape index (κ3) is 3.43. The van der Waals surface area contributed by atoms with Gasteiger partial charge in [-0.15, -0.1) is 0 Å². The number of nitrogens with zero attached hydrogens (tertiary/aromatic N) is 2. The molecule has 1 N–H and O–H groups in total. The monoisotopic (exact) mass is 239 g/mol. The van der Waals surface area contributed by atoms with E-state index in [1.807, 2.05) is 0 Å². The van der Waals surface area contributed by atoms with E-state index >= 15 is 0 Å². The van der Waals surface area contributed by atoms with E-state index in [4.69, 9.17) is 0 Å². The second kappa shape index (κ2) is 6.17. The Kier molecular flexibility index (Phi) is 4.83. The zero-order valence-electron chi connectivity index (χ0n) is 11.8. The predicted octanol–water partition coefficient (Wildman–Crippen LogP) is 1.40. The van der Waals surface area contributed by atoms with Crippen LogP contribution in [0.2, 0.25) is 0 Å².